The van der Waals surface area contributed by atoms with Crippen LogP contribution in [0.3, 0.4) is 0 Å². The van der Waals surface area contributed by atoms with Crippen molar-refractivity contribution in [1.82, 2.24) is 9.21 Å². The van der Waals surface area contributed by atoms with Crippen molar-refractivity contribution >= 4 is 45.1 Å². The Bertz CT molecular complexity index is 1420. The van der Waals surface area contributed by atoms with Crippen LogP contribution in [0.5, 0.6) is 0 Å². The number of nitrogens with one attached hydrogen (secondary N) is 1. The van der Waals surface area contributed by atoms with Gasteiger partial charge in [0.1, 0.15) is 5.56 Å². The number of carbonyl (C=O) groups is 4. The number of ether oxygens (including phenoxy) is 1. The molecule has 2 aliphatic rings. The SMILES string of the molecule is O=C(COC(=O)CCN1C(=O)c2cccc([N+](=O)[O-])c2C1=O)Nc1cccc(S(=O)(=O)N2CCCCC2)c1. The highest BCUT2D eigenvalue weighted by molar-refractivity contribution is 7.89. The summed E-state index contributed by atoms with van der Waals surface area (Å²) >= 11 is 0. The quantitative estimate of drug-likeness (QED) is 0.214. The van der Waals surface area contributed by atoms with Gasteiger partial charge in [-0.15, -0.1) is 0 Å². The van der Waals surface area contributed by atoms with Crippen LogP contribution in [0, 0.1) is 10.1 Å². The third kappa shape index (κ3) is 5.55. The standard InChI is InChI=1S/C24H24N4O9S/c29-20(25-16-6-4-7-17(14-16)38(35,36)26-11-2-1-3-12-26)15-37-21(30)10-13-27-23(31)18-8-5-9-19(28(33)34)22(18)24(27)32/h4-9,14H,1-3,10-13,15H2,(H,25,29). The van der Waals surface area contributed by atoms with Gasteiger partial charge in [0.2, 0.25) is 10.0 Å². The van der Waals surface area contributed by atoms with E-state index in [1.165, 1.54) is 40.7 Å². The smallest absolute Gasteiger partial charge is 0.308 e. The van der Waals surface area contributed by atoms with Crippen molar-refractivity contribution in [3.63, 3.8) is 0 Å². The molecule has 2 aromatic carbocycles. The highest BCUT2D eigenvalue weighted by atomic mass is 32.2. The van der Waals surface area contributed by atoms with Crippen LogP contribution >= 0.6 is 0 Å². The lowest BCUT2D eigenvalue weighted by molar-refractivity contribution is -0.385. The summed E-state index contributed by atoms with van der Waals surface area (Å²) in [7, 11) is -3.70. The molecular formula is C24H24N4O9S. The number of anilines is 1. The van der Waals surface area contributed by atoms with Crippen molar-refractivity contribution < 1.29 is 37.3 Å². The van der Waals surface area contributed by atoms with E-state index in [0.29, 0.717) is 18.0 Å². The molecule has 13 nitrogen and oxygen atoms in total. The number of benzene rings is 2. The summed E-state index contributed by atoms with van der Waals surface area (Å²) in [6.07, 6.45) is 2.11. The first-order valence-corrected chi connectivity index (χ1v) is 13.2. The van der Waals surface area contributed by atoms with E-state index in [1.54, 1.807) is 0 Å². The number of nitrogens with zero attached hydrogens (tertiary/aromatic N) is 3. The number of imide groups is 1. The third-order valence-corrected chi connectivity index (χ3v) is 8.04. The summed E-state index contributed by atoms with van der Waals surface area (Å²) in [6, 6.07) is 9.44. The number of amides is 3. The predicted octanol–water partition coefficient (Wildman–Crippen LogP) is 1.94. The molecule has 4 rings (SSSR count). The van der Waals surface area contributed by atoms with Gasteiger partial charge in [-0.25, -0.2) is 8.42 Å². The maximum Gasteiger partial charge on any atom is 0.308 e. The van der Waals surface area contributed by atoms with E-state index in [1.807, 2.05) is 0 Å². The zero-order chi connectivity index (χ0) is 27.4. The first kappa shape index (κ1) is 26.9. The minimum absolute atomic E-state index is 0.0374. The summed E-state index contributed by atoms with van der Waals surface area (Å²) in [5, 5.41) is 13.7. The van der Waals surface area contributed by atoms with Crippen LogP contribution in [0.25, 0.3) is 0 Å². The van der Waals surface area contributed by atoms with Crippen molar-refractivity contribution in [2.45, 2.75) is 30.6 Å². The van der Waals surface area contributed by atoms with Crippen LogP contribution in [0.2, 0.25) is 0 Å². The van der Waals surface area contributed by atoms with Crippen molar-refractivity contribution in [3.8, 4) is 0 Å². The van der Waals surface area contributed by atoms with Gasteiger partial charge in [0.05, 0.1) is 21.8 Å². The number of hydrogen-bond acceptors (Lipinski definition) is 9. The Morgan fingerprint density at radius 3 is 2.45 bits per heavy atom. The first-order valence-electron chi connectivity index (χ1n) is 11.8. The van der Waals surface area contributed by atoms with Crippen molar-refractivity contribution in [1.29, 1.82) is 0 Å². The zero-order valence-corrected chi connectivity index (χ0v) is 20.9. The fraction of sp³-hybridized carbons (Fsp3) is 0.333. The Hall–Kier alpha value is -4.17. The monoisotopic (exact) mass is 544 g/mol. The Balaban J connectivity index is 1.29. The maximum atomic E-state index is 12.9. The van der Waals surface area contributed by atoms with Gasteiger partial charge in [0, 0.05) is 31.4 Å². The number of nitro groups is 1. The lowest BCUT2D eigenvalue weighted by Crippen LogP contribution is -2.35. The molecule has 1 N–H and O–H groups in total. The van der Waals surface area contributed by atoms with E-state index < -0.39 is 57.4 Å². The number of nitro benzene ring substituents is 1. The van der Waals surface area contributed by atoms with Gasteiger partial charge >= 0.3 is 5.97 Å². The largest absolute Gasteiger partial charge is 0.456 e. The Kier molecular flexibility index (Phi) is 7.83. The van der Waals surface area contributed by atoms with Crippen LogP contribution in [0.15, 0.2) is 47.4 Å². The van der Waals surface area contributed by atoms with E-state index in [0.717, 1.165) is 25.3 Å². The van der Waals surface area contributed by atoms with Gasteiger partial charge in [-0.2, -0.15) is 4.31 Å². The maximum absolute atomic E-state index is 12.9. The first-order chi connectivity index (χ1) is 18.1. The average Bonchev–Trinajstić information content (AvgIpc) is 3.16. The molecule has 0 aromatic heterocycles. The lowest BCUT2D eigenvalue weighted by Gasteiger charge is -2.26. The molecule has 2 heterocycles. The van der Waals surface area contributed by atoms with Crippen LogP contribution in [-0.4, -0.2) is 72.5 Å². The highest BCUT2D eigenvalue weighted by Gasteiger charge is 2.40. The Morgan fingerprint density at radius 2 is 1.74 bits per heavy atom. The van der Waals surface area contributed by atoms with Crippen LogP contribution < -0.4 is 5.32 Å². The molecule has 200 valence electrons. The van der Waals surface area contributed by atoms with Crippen molar-refractivity contribution in [2.75, 3.05) is 31.6 Å². The molecular weight excluding hydrogens is 520 g/mol. The lowest BCUT2D eigenvalue weighted by atomic mass is 10.1. The van der Waals surface area contributed by atoms with E-state index in [2.05, 4.69) is 5.32 Å². The molecule has 0 spiro atoms. The van der Waals surface area contributed by atoms with Gasteiger partial charge in [0.15, 0.2) is 6.61 Å². The molecule has 0 bridgehead atoms. The molecule has 1 fully saturated rings. The molecule has 14 heteroatoms. The fourth-order valence-corrected chi connectivity index (χ4v) is 5.84. The minimum Gasteiger partial charge on any atom is -0.456 e. The van der Waals surface area contributed by atoms with E-state index in [4.69, 9.17) is 4.74 Å². The van der Waals surface area contributed by atoms with Crippen LogP contribution in [0.4, 0.5) is 11.4 Å². The predicted molar refractivity (Wildman–Crippen MR) is 132 cm³/mol. The molecule has 0 saturated carbocycles. The number of fused-ring (bicyclic) bond motifs is 1. The molecule has 3 amide bonds. The number of hydrogen-bond donors (Lipinski definition) is 1. The second-order valence-electron chi connectivity index (χ2n) is 8.67. The van der Waals surface area contributed by atoms with E-state index >= 15 is 0 Å². The number of esters is 1. The summed E-state index contributed by atoms with van der Waals surface area (Å²) in [4.78, 5) is 60.6. The number of rotatable bonds is 9. The zero-order valence-electron chi connectivity index (χ0n) is 20.1. The molecule has 0 aliphatic carbocycles. The van der Waals surface area contributed by atoms with Crippen LogP contribution in [-0.2, 0) is 24.3 Å². The summed E-state index contributed by atoms with van der Waals surface area (Å²) in [6.45, 7) is -0.200. The molecule has 0 unspecified atom stereocenters. The van der Waals surface area contributed by atoms with Crippen molar-refractivity contribution in [3.05, 3.63) is 63.7 Å². The molecule has 0 radical (unpaired) electrons. The fourth-order valence-electron chi connectivity index (χ4n) is 4.28. The minimum atomic E-state index is -3.70. The summed E-state index contributed by atoms with van der Waals surface area (Å²) < 4.78 is 32.0. The highest BCUT2D eigenvalue weighted by Crippen LogP contribution is 2.30. The summed E-state index contributed by atoms with van der Waals surface area (Å²) in [5.74, 6) is -3.25. The second-order valence-corrected chi connectivity index (χ2v) is 10.6. The Morgan fingerprint density at radius 1 is 1.03 bits per heavy atom. The molecule has 2 aliphatic heterocycles. The number of sulfonamides is 1. The molecule has 1 saturated heterocycles. The number of piperidine rings is 1. The average molecular weight is 545 g/mol. The van der Waals surface area contributed by atoms with Gasteiger partial charge < -0.3 is 10.1 Å². The topological polar surface area (TPSA) is 173 Å². The van der Waals surface area contributed by atoms with Crippen LogP contribution in [0.1, 0.15) is 46.4 Å². The number of carbonyl (C=O) groups excluding carboxylic acids is 4. The Labute approximate surface area is 217 Å². The van der Waals surface area contributed by atoms with E-state index in [9.17, 15) is 37.7 Å². The summed E-state index contributed by atoms with van der Waals surface area (Å²) in [5.41, 5.74) is -0.756. The van der Waals surface area contributed by atoms with Gasteiger partial charge in [-0.3, -0.25) is 34.2 Å². The third-order valence-electron chi connectivity index (χ3n) is 6.15. The van der Waals surface area contributed by atoms with Crippen molar-refractivity contribution in [2.24, 2.45) is 0 Å². The normalized spacial score (nSPS) is 15.7. The van der Waals surface area contributed by atoms with Gasteiger partial charge in [0.25, 0.3) is 23.4 Å². The van der Waals surface area contributed by atoms with E-state index in [-0.39, 0.29) is 28.3 Å². The molecule has 38 heavy (non-hydrogen) atoms. The van der Waals surface area contributed by atoms with Gasteiger partial charge in [-0.1, -0.05) is 18.6 Å². The van der Waals surface area contributed by atoms with Gasteiger partial charge in [-0.05, 0) is 37.1 Å². The molecule has 0 atom stereocenters. The molecule has 2 aromatic rings. The second kappa shape index (κ2) is 11.1.